The highest BCUT2D eigenvalue weighted by Crippen LogP contribution is 2.38. The number of aromatic nitrogens is 3. The molecule has 228 valence electrons. The molecule has 8 nitrogen and oxygen atoms in total. The van der Waals surface area contributed by atoms with E-state index in [4.69, 9.17) is 4.98 Å². The van der Waals surface area contributed by atoms with Crippen molar-refractivity contribution in [1.82, 2.24) is 19.4 Å². The zero-order valence-corrected chi connectivity index (χ0v) is 25.5. The van der Waals surface area contributed by atoms with Gasteiger partial charge in [0.1, 0.15) is 17.3 Å². The van der Waals surface area contributed by atoms with Gasteiger partial charge in [-0.2, -0.15) is 4.98 Å². The van der Waals surface area contributed by atoms with Crippen molar-refractivity contribution in [3.05, 3.63) is 88.4 Å². The lowest BCUT2D eigenvalue weighted by Gasteiger charge is -2.40. The Balaban J connectivity index is 1.70. The Morgan fingerprint density at radius 2 is 1.84 bits per heavy atom. The van der Waals surface area contributed by atoms with Crippen molar-refractivity contribution < 1.29 is 13.6 Å². The second-order valence-corrected chi connectivity index (χ2v) is 11.9. The van der Waals surface area contributed by atoms with E-state index in [1.54, 1.807) is 17.0 Å². The monoisotopic (exact) mass is 598 g/mol. The average molecular weight is 599 g/mol. The topological polar surface area (TPSA) is 74.6 Å². The summed E-state index contributed by atoms with van der Waals surface area (Å²) in [6.07, 6.45) is 2.66. The van der Waals surface area contributed by atoms with Gasteiger partial charge < -0.3 is 14.7 Å². The first-order valence-electron chi connectivity index (χ1n) is 15.0. The van der Waals surface area contributed by atoms with Crippen LogP contribution in [0.3, 0.4) is 0 Å². The summed E-state index contributed by atoms with van der Waals surface area (Å²) in [5.74, 6) is -1.13. The van der Waals surface area contributed by atoms with Crippen LogP contribution in [0.25, 0.3) is 28.0 Å². The fourth-order valence-corrected chi connectivity index (χ4v) is 6.55. The van der Waals surface area contributed by atoms with Gasteiger partial charge in [-0.05, 0) is 61.1 Å². The maximum atomic E-state index is 16.3. The van der Waals surface area contributed by atoms with Crippen LogP contribution < -0.4 is 15.5 Å². The number of amides is 1. The van der Waals surface area contributed by atoms with Crippen molar-refractivity contribution in [3.63, 3.8) is 0 Å². The van der Waals surface area contributed by atoms with E-state index in [-0.39, 0.29) is 34.8 Å². The smallest absolute Gasteiger partial charge is 0.355 e. The Hall–Kier alpha value is -4.60. The number of aryl methyl sites for hydroxylation is 1. The minimum absolute atomic E-state index is 0.0506. The van der Waals surface area contributed by atoms with E-state index in [1.807, 2.05) is 42.0 Å². The third-order valence-electron chi connectivity index (χ3n) is 8.76. The molecule has 0 spiro atoms. The molecule has 1 fully saturated rings. The van der Waals surface area contributed by atoms with Crippen molar-refractivity contribution in [1.29, 1.82) is 0 Å². The zero-order valence-electron chi connectivity index (χ0n) is 25.5. The minimum Gasteiger partial charge on any atom is -0.374 e. The summed E-state index contributed by atoms with van der Waals surface area (Å²) in [5.41, 5.74) is 2.65. The van der Waals surface area contributed by atoms with Crippen LogP contribution in [-0.4, -0.2) is 64.6 Å². The van der Waals surface area contributed by atoms with Gasteiger partial charge in [-0.15, -0.1) is 0 Å². The highest BCUT2D eigenvalue weighted by molar-refractivity contribution is 5.92. The molecule has 1 saturated heterocycles. The molecule has 2 aliphatic rings. The Morgan fingerprint density at radius 1 is 1.07 bits per heavy atom. The number of para-hydroxylation sites is 1. The van der Waals surface area contributed by atoms with Crippen molar-refractivity contribution in [2.45, 2.75) is 45.6 Å². The summed E-state index contributed by atoms with van der Waals surface area (Å²) >= 11 is 0. The van der Waals surface area contributed by atoms with Gasteiger partial charge in [0.05, 0.1) is 16.6 Å². The number of piperazine rings is 1. The molecule has 1 unspecified atom stereocenters. The third-order valence-corrected chi connectivity index (χ3v) is 8.76. The van der Waals surface area contributed by atoms with Gasteiger partial charge in [0.2, 0.25) is 5.91 Å². The summed E-state index contributed by atoms with van der Waals surface area (Å²) in [7, 11) is 1.87. The lowest BCUT2D eigenvalue weighted by molar-refractivity contribution is -0.126. The van der Waals surface area contributed by atoms with Crippen molar-refractivity contribution in [3.8, 4) is 16.9 Å². The van der Waals surface area contributed by atoms with Crippen LogP contribution in [0, 0.1) is 11.6 Å². The van der Waals surface area contributed by atoms with Gasteiger partial charge in [0.15, 0.2) is 11.5 Å². The number of hydrogen-bond acceptors (Lipinski definition) is 6. The standard InChI is InChI=1S/C34H36F2N6O2/c1-6-28(43)40-16-17-41(21(4)19-40)32-24-18-26(36)30-29-25(35)13-8-14-27(29)39(5)15-9-11-22-10-7-12-23(20(2)3)31(22)42(33(24)37-30)34(44)38-32/h6-8,10,12-14,18,20-21H,1,9,11,15-17,19H2,2-5H3. The third kappa shape index (κ3) is 4.92. The number of rotatable bonds is 3. The predicted octanol–water partition coefficient (Wildman–Crippen LogP) is 5.45. The summed E-state index contributed by atoms with van der Waals surface area (Å²) in [6, 6.07) is 11.8. The summed E-state index contributed by atoms with van der Waals surface area (Å²) in [6.45, 7) is 11.4. The summed E-state index contributed by atoms with van der Waals surface area (Å²) in [4.78, 5) is 41.4. The fourth-order valence-electron chi connectivity index (χ4n) is 6.55. The number of carbonyl (C=O) groups excluding carboxylic acids is 1. The zero-order chi connectivity index (χ0) is 31.3. The average Bonchev–Trinajstić information content (AvgIpc) is 3.00. The van der Waals surface area contributed by atoms with Crippen LogP contribution in [0.5, 0.6) is 0 Å². The largest absolute Gasteiger partial charge is 0.374 e. The molecule has 10 heteroatoms. The second-order valence-electron chi connectivity index (χ2n) is 11.9. The first-order valence-corrected chi connectivity index (χ1v) is 15.0. The molecule has 2 aliphatic heterocycles. The molecule has 44 heavy (non-hydrogen) atoms. The molecular weight excluding hydrogens is 562 g/mol. The fraction of sp³-hybridized carbons (Fsp3) is 0.353. The van der Waals surface area contributed by atoms with Crippen molar-refractivity contribution in [2.75, 3.05) is 43.0 Å². The van der Waals surface area contributed by atoms with E-state index >= 15 is 8.78 Å². The Morgan fingerprint density at radius 3 is 2.57 bits per heavy atom. The van der Waals surface area contributed by atoms with E-state index in [9.17, 15) is 9.59 Å². The molecule has 2 bridgehead atoms. The van der Waals surface area contributed by atoms with E-state index in [0.717, 1.165) is 17.5 Å². The molecule has 2 aromatic heterocycles. The number of halogens is 2. The van der Waals surface area contributed by atoms with E-state index in [1.165, 1.54) is 22.8 Å². The highest BCUT2D eigenvalue weighted by atomic mass is 19.1. The number of carbonyl (C=O) groups is 1. The molecule has 0 radical (unpaired) electrons. The SMILES string of the molecule is C=CC(=O)N1CCN(c2nc(=O)n3c4nc(c(F)cc24)-c2c(F)cccc2N(C)CCCc2cccc(C(C)C)c2-3)C(C)C1. The summed E-state index contributed by atoms with van der Waals surface area (Å²) in [5, 5.41) is 0.342. The lowest BCUT2D eigenvalue weighted by Crippen LogP contribution is -2.54. The van der Waals surface area contributed by atoms with Crippen LogP contribution in [0.15, 0.2) is 59.9 Å². The molecule has 1 amide bonds. The van der Waals surface area contributed by atoms with Gasteiger partial charge in [-0.1, -0.05) is 44.7 Å². The molecule has 4 aromatic rings. The first-order chi connectivity index (χ1) is 21.1. The maximum Gasteiger partial charge on any atom is 0.355 e. The van der Waals surface area contributed by atoms with E-state index < -0.39 is 17.3 Å². The van der Waals surface area contributed by atoms with Gasteiger partial charge in [-0.3, -0.25) is 4.79 Å². The van der Waals surface area contributed by atoms with E-state index in [0.29, 0.717) is 55.2 Å². The van der Waals surface area contributed by atoms with Crippen LogP contribution in [0.1, 0.15) is 44.2 Å². The van der Waals surface area contributed by atoms with E-state index in [2.05, 4.69) is 25.4 Å². The number of anilines is 2. The van der Waals surface area contributed by atoms with Gasteiger partial charge in [0.25, 0.3) is 0 Å². The Kier molecular flexibility index (Phi) is 7.69. The molecule has 0 aliphatic carbocycles. The van der Waals surface area contributed by atoms with Crippen LogP contribution >= 0.6 is 0 Å². The number of pyridine rings is 1. The molecule has 4 heterocycles. The quantitative estimate of drug-likeness (QED) is 0.292. The molecule has 0 saturated carbocycles. The van der Waals surface area contributed by atoms with Gasteiger partial charge in [-0.25, -0.2) is 23.1 Å². The highest BCUT2D eigenvalue weighted by Gasteiger charge is 2.31. The van der Waals surface area contributed by atoms with Crippen LogP contribution in [0.4, 0.5) is 20.3 Å². The molecule has 2 aromatic carbocycles. The van der Waals surface area contributed by atoms with Gasteiger partial charge in [0, 0.05) is 45.0 Å². The summed E-state index contributed by atoms with van der Waals surface area (Å²) < 4.78 is 33.4. The molecule has 1 atom stereocenters. The number of nitrogens with zero attached hydrogens (tertiary/aromatic N) is 6. The molecule has 0 N–H and O–H groups in total. The predicted molar refractivity (Wildman–Crippen MR) is 170 cm³/mol. The van der Waals surface area contributed by atoms with Crippen LogP contribution in [0.2, 0.25) is 0 Å². The number of fused-ring (bicyclic) bond motifs is 5. The van der Waals surface area contributed by atoms with Gasteiger partial charge >= 0.3 is 5.69 Å². The molecular formula is C34H36F2N6O2. The lowest BCUT2D eigenvalue weighted by atomic mass is 9.95. The van der Waals surface area contributed by atoms with Crippen LogP contribution in [-0.2, 0) is 11.2 Å². The second kappa shape index (κ2) is 11.5. The Labute approximate surface area is 255 Å². The Bertz CT molecular complexity index is 1850. The van der Waals surface area contributed by atoms with Crippen molar-refractivity contribution >= 4 is 28.4 Å². The number of hydrogen-bond donors (Lipinski definition) is 0. The normalized spacial score (nSPS) is 16.9. The molecule has 6 rings (SSSR count). The first kappa shape index (κ1) is 29.5. The minimum atomic E-state index is -0.715. The van der Waals surface area contributed by atoms with Crippen molar-refractivity contribution in [2.24, 2.45) is 0 Å². The number of benzene rings is 2. The maximum absolute atomic E-state index is 16.3.